The summed E-state index contributed by atoms with van der Waals surface area (Å²) >= 11 is 24.8. The number of aryl methyl sites for hydroxylation is 1. The lowest BCUT2D eigenvalue weighted by atomic mass is 10.0. The third-order valence-corrected chi connectivity index (χ3v) is 6.69. The molecule has 4 rings (SSSR count). The number of fused-ring (bicyclic) bond motifs is 1. The quantitative estimate of drug-likeness (QED) is 0.334. The molecule has 0 radical (unpaired) electrons. The monoisotopic (exact) mass is 523 g/mol. The van der Waals surface area contributed by atoms with Crippen LogP contribution in [-0.2, 0) is 11.2 Å². The first kappa shape index (κ1) is 24.1. The molecule has 2 aliphatic heterocycles. The van der Waals surface area contributed by atoms with Gasteiger partial charge < -0.3 is 20.4 Å². The van der Waals surface area contributed by atoms with E-state index in [2.05, 4.69) is 26.6 Å². The van der Waals surface area contributed by atoms with E-state index in [0.29, 0.717) is 11.7 Å². The van der Waals surface area contributed by atoms with Gasteiger partial charge >= 0.3 is 0 Å². The minimum Gasteiger partial charge on any atom is -0.383 e. The van der Waals surface area contributed by atoms with E-state index in [1.54, 1.807) is 29.4 Å². The van der Waals surface area contributed by atoms with Crippen LogP contribution in [-0.4, -0.2) is 50.5 Å². The number of rotatable bonds is 5. The van der Waals surface area contributed by atoms with Crippen LogP contribution in [0.15, 0.2) is 48.8 Å². The Bertz CT molecular complexity index is 1040. The van der Waals surface area contributed by atoms with Crippen molar-refractivity contribution in [3.8, 4) is 0 Å². The standard InChI is InChI=1S/C23H24Cl3N5OS/c24-23(25,26)21(29-19(32)10-9-16-5-2-11-27-15-16)31-14-4-13-30(22(31)33)18-8-1-6-17-7-3-12-28-20(17)18/h1-2,5-6,8-11,15,21,28H,3-4,7,12-14H2,(H,29,32)/b10-9+. The molecule has 0 aliphatic carbocycles. The van der Waals surface area contributed by atoms with E-state index >= 15 is 0 Å². The topological polar surface area (TPSA) is 60.5 Å². The number of thiocarbonyl (C=S) groups is 1. The predicted molar refractivity (Wildman–Crippen MR) is 140 cm³/mol. The molecule has 6 nitrogen and oxygen atoms in total. The number of carbonyl (C=O) groups excluding carboxylic acids is 1. The van der Waals surface area contributed by atoms with Gasteiger partial charge in [0.15, 0.2) is 11.3 Å². The summed E-state index contributed by atoms with van der Waals surface area (Å²) in [7, 11) is 0. The number of benzene rings is 1. The average Bonchev–Trinajstić information content (AvgIpc) is 2.81. The number of nitrogens with one attached hydrogen (secondary N) is 2. The molecule has 10 heteroatoms. The lowest BCUT2D eigenvalue weighted by molar-refractivity contribution is -0.117. The highest BCUT2D eigenvalue weighted by Gasteiger charge is 2.42. The van der Waals surface area contributed by atoms with Crippen molar-refractivity contribution < 1.29 is 4.79 Å². The van der Waals surface area contributed by atoms with Crippen molar-refractivity contribution in [3.63, 3.8) is 0 Å². The van der Waals surface area contributed by atoms with Crippen molar-refractivity contribution >= 4 is 75.5 Å². The van der Waals surface area contributed by atoms with E-state index in [9.17, 15) is 4.79 Å². The van der Waals surface area contributed by atoms with Gasteiger partial charge in [-0.25, -0.2) is 0 Å². The molecule has 1 fully saturated rings. The zero-order valence-corrected chi connectivity index (χ0v) is 20.9. The maximum absolute atomic E-state index is 12.7. The highest BCUT2D eigenvalue weighted by molar-refractivity contribution is 7.80. The minimum atomic E-state index is -1.79. The first-order chi connectivity index (χ1) is 15.8. The number of alkyl halides is 3. The molecular formula is C23H24Cl3N5OS. The van der Waals surface area contributed by atoms with Gasteiger partial charge in [0.2, 0.25) is 9.70 Å². The van der Waals surface area contributed by atoms with Gasteiger partial charge in [0.1, 0.15) is 0 Å². The van der Waals surface area contributed by atoms with Crippen LogP contribution in [0.4, 0.5) is 11.4 Å². The smallest absolute Gasteiger partial charge is 0.245 e. The maximum atomic E-state index is 12.7. The van der Waals surface area contributed by atoms with E-state index in [1.165, 1.54) is 11.6 Å². The van der Waals surface area contributed by atoms with Crippen LogP contribution in [0.2, 0.25) is 0 Å². The molecule has 1 aromatic carbocycles. The third kappa shape index (κ3) is 5.72. The molecule has 3 heterocycles. The maximum Gasteiger partial charge on any atom is 0.245 e. The summed E-state index contributed by atoms with van der Waals surface area (Å²) in [5, 5.41) is 6.83. The molecular weight excluding hydrogens is 501 g/mol. The fourth-order valence-electron chi connectivity index (χ4n) is 4.09. The molecule has 2 aromatic rings. The molecule has 0 spiro atoms. The number of carbonyl (C=O) groups is 1. The molecule has 1 unspecified atom stereocenters. The summed E-state index contributed by atoms with van der Waals surface area (Å²) in [4.78, 5) is 20.5. The molecule has 2 aliphatic rings. The Labute approximate surface area is 213 Å². The number of halogens is 3. The summed E-state index contributed by atoms with van der Waals surface area (Å²) in [5.41, 5.74) is 4.17. The Morgan fingerprint density at radius 3 is 2.82 bits per heavy atom. The van der Waals surface area contributed by atoms with Gasteiger partial charge in [0, 0.05) is 38.1 Å². The van der Waals surface area contributed by atoms with Gasteiger partial charge in [-0.2, -0.15) is 0 Å². The van der Waals surface area contributed by atoms with Crippen molar-refractivity contribution in [1.82, 2.24) is 15.2 Å². The summed E-state index contributed by atoms with van der Waals surface area (Å²) < 4.78 is -1.79. The third-order valence-electron chi connectivity index (χ3n) is 5.61. The van der Waals surface area contributed by atoms with E-state index < -0.39 is 15.9 Å². The Morgan fingerprint density at radius 1 is 1.21 bits per heavy atom. The molecule has 174 valence electrons. The van der Waals surface area contributed by atoms with Gasteiger partial charge in [0.05, 0.1) is 11.4 Å². The largest absolute Gasteiger partial charge is 0.383 e. The number of nitrogens with zero attached hydrogens (tertiary/aromatic N) is 3. The van der Waals surface area contributed by atoms with Crippen LogP contribution < -0.4 is 15.5 Å². The second-order valence-electron chi connectivity index (χ2n) is 7.90. The Balaban J connectivity index is 1.55. The van der Waals surface area contributed by atoms with Crippen molar-refractivity contribution in [1.29, 1.82) is 0 Å². The second-order valence-corrected chi connectivity index (χ2v) is 10.6. The Hall–Kier alpha value is -2.06. The molecule has 1 atom stereocenters. The highest BCUT2D eigenvalue weighted by Crippen LogP contribution is 2.37. The number of hydrogen-bond acceptors (Lipinski definition) is 4. The van der Waals surface area contributed by atoms with Gasteiger partial charge in [-0.1, -0.05) is 53.0 Å². The summed E-state index contributed by atoms with van der Waals surface area (Å²) in [6.07, 6.45) is 8.35. The fraction of sp³-hybridized carbons (Fsp3) is 0.348. The minimum absolute atomic E-state index is 0.395. The summed E-state index contributed by atoms with van der Waals surface area (Å²) in [6, 6.07) is 9.86. The molecule has 33 heavy (non-hydrogen) atoms. The second kappa shape index (κ2) is 10.5. The van der Waals surface area contributed by atoms with Gasteiger partial charge in [-0.15, -0.1) is 0 Å². The van der Waals surface area contributed by atoms with Crippen LogP contribution in [0.25, 0.3) is 6.08 Å². The summed E-state index contributed by atoms with van der Waals surface area (Å²) in [6.45, 7) is 2.22. The predicted octanol–water partition coefficient (Wildman–Crippen LogP) is 4.76. The van der Waals surface area contributed by atoms with Crippen molar-refractivity contribution in [2.45, 2.75) is 29.2 Å². The van der Waals surface area contributed by atoms with Crippen LogP contribution >= 0.6 is 47.0 Å². The lowest BCUT2D eigenvalue weighted by Crippen LogP contribution is -2.62. The Morgan fingerprint density at radius 2 is 2.06 bits per heavy atom. The number of para-hydroxylation sites is 1. The molecule has 2 N–H and O–H groups in total. The van der Waals surface area contributed by atoms with E-state index in [1.807, 2.05) is 18.2 Å². The van der Waals surface area contributed by atoms with Gasteiger partial charge in [-0.05, 0) is 60.8 Å². The first-order valence-corrected chi connectivity index (χ1v) is 12.3. The molecule has 0 bridgehead atoms. The van der Waals surface area contributed by atoms with Gasteiger partial charge in [0.25, 0.3) is 0 Å². The first-order valence-electron chi connectivity index (χ1n) is 10.7. The van der Waals surface area contributed by atoms with E-state index in [-0.39, 0.29) is 0 Å². The molecule has 1 amide bonds. The van der Waals surface area contributed by atoms with Crippen LogP contribution in [0.1, 0.15) is 24.0 Å². The number of amides is 1. The van der Waals surface area contributed by atoms with Crippen molar-refractivity contribution in [2.75, 3.05) is 29.9 Å². The highest BCUT2D eigenvalue weighted by atomic mass is 35.6. The molecule has 1 saturated heterocycles. The number of aromatic nitrogens is 1. The summed E-state index contributed by atoms with van der Waals surface area (Å²) in [5.74, 6) is -0.395. The number of hydrogen-bond donors (Lipinski definition) is 2. The molecule has 0 saturated carbocycles. The van der Waals surface area contributed by atoms with Crippen molar-refractivity contribution in [3.05, 3.63) is 59.9 Å². The SMILES string of the molecule is O=C(/C=C/c1cccnc1)NC(N1CCCN(c2cccc3c2NCCC3)C1=S)C(Cl)(Cl)Cl. The Kier molecular flexibility index (Phi) is 7.64. The number of anilines is 2. The van der Waals surface area contributed by atoms with Crippen molar-refractivity contribution in [2.24, 2.45) is 0 Å². The number of pyridine rings is 1. The van der Waals surface area contributed by atoms with E-state index in [4.69, 9.17) is 47.0 Å². The van der Waals surface area contributed by atoms with Crippen LogP contribution in [0, 0.1) is 0 Å². The fourth-order valence-corrected chi connectivity index (χ4v) is 4.99. The van der Waals surface area contributed by atoms with Gasteiger partial charge in [-0.3, -0.25) is 9.78 Å². The van der Waals surface area contributed by atoms with E-state index in [0.717, 1.165) is 49.3 Å². The zero-order chi connectivity index (χ0) is 23.4. The average molecular weight is 525 g/mol. The molecule has 1 aromatic heterocycles. The van der Waals surface area contributed by atoms with Crippen LogP contribution in [0.3, 0.4) is 0 Å². The lowest BCUT2D eigenvalue weighted by Gasteiger charge is -2.45. The normalized spacial score (nSPS) is 17.5. The zero-order valence-electron chi connectivity index (χ0n) is 17.8. The van der Waals surface area contributed by atoms with Crippen LogP contribution in [0.5, 0.6) is 0 Å².